The predicted octanol–water partition coefficient (Wildman–Crippen LogP) is 9.67. The topological polar surface area (TPSA) is 222 Å². The number of rotatable bonds is 13. The molecule has 2 aliphatic rings. The van der Waals surface area contributed by atoms with E-state index in [0.717, 1.165) is 46.7 Å². The molecule has 0 saturated carbocycles. The molecule has 0 aliphatic carbocycles. The molecule has 10 rings (SSSR count). The van der Waals surface area contributed by atoms with Gasteiger partial charge in [0.05, 0.1) is 26.6 Å². The minimum Gasteiger partial charge on any atom is -0.457 e. The molecule has 8 aromatic carbocycles. The molecule has 0 unspecified atom stereocenters. The quantitative estimate of drug-likeness (QED) is 0.0424. The first-order chi connectivity index (χ1) is 32.4. The van der Waals surface area contributed by atoms with Gasteiger partial charge < -0.3 is 14.6 Å². The summed E-state index contributed by atoms with van der Waals surface area (Å²) < 4.78 is 80.6. The van der Waals surface area contributed by atoms with E-state index in [0.29, 0.717) is 49.8 Å². The number of fused-ring (bicyclic) bond motifs is 2. The molecule has 0 spiro atoms. The molecule has 68 heavy (non-hydrogen) atoms. The number of benzene rings is 8. The molecule has 15 nitrogen and oxygen atoms in total. The number of anilines is 1. The highest BCUT2D eigenvalue weighted by Crippen LogP contribution is 2.53. The first-order valence-corrected chi connectivity index (χ1v) is 24.6. The lowest BCUT2D eigenvalue weighted by molar-refractivity contribution is 0.0600. The van der Waals surface area contributed by atoms with E-state index in [1.165, 1.54) is 41.3 Å². The van der Waals surface area contributed by atoms with Gasteiger partial charge in [-0.2, -0.15) is 16.8 Å². The van der Waals surface area contributed by atoms with E-state index in [2.05, 4.69) is 0 Å². The van der Waals surface area contributed by atoms with Gasteiger partial charge in [-0.05, 0) is 113 Å². The zero-order valence-electron chi connectivity index (χ0n) is 36.6. The average molecular weight is 953 g/mol. The third kappa shape index (κ3) is 6.95. The summed E-state index contributed by atoms with van der Waals surface area (Å²) in [5, 5.41) is 12.6. The number of aliphatic hydroxyl groups is 1. The van der Waals surface area contributed by atoms with Gasteiger partial charge in [0, 0.05) is 56.6 Å². The second kappa shape index (κ2) is 16.2. The Bertz CT molecular complexity index is 3740. The highest BCUT2D eigenvalue weighted by atomic mass is 32.2. The van der Waals surface area contributed by atoms with Crippen molar-refractivity contribution in [1.29, 1.82) is 0 Å². The van der Waals surface area contributed by atoms with Crippen LogP contribution in [-0.2, 0) is 26.7 Å². The summed E-state index contributed by atoms with van der Waals surface area (Å²) in [7, 11) is -9.15. The molecule has 0 fully saturated rings. The Balaban J connectivity index is 1.33. The highest BCUT2D eigenvalue weighted by molar-refractivity contribution is 7.86. The third-order valence-electron chi connectivity index (χ3n) is 12.6. The number of imide groups is 2. The maximum atomic E-state index is 15.4. The minimum absolute atomic E-state index is 0.0766. The van der Waals surface area contributed by atoms with E-state index in [1.807, 2.05) is 39.0 Å². The Hall–Kier alpha value is -7.28. The molecule has 0 aromatic heterocycles. The van der Waals surface area contributed by atoms with Crippen molar-refractivity contribution < 1.29 is 59.7 Å². The smallest absolute Gasteiger partial charge is 0.294 e. The summed E-state index contributed by atoms with van der Waals surface area (Å²) in [6.45, 7) is 5.60. The van der Waals surface area contributed by atoms with Gasteiger partial charge >= 0.3 is 0 Å². The summed E-state index contributed by atoms with van der Waals surface area (Å²) in [6.07, 6.45) is 1.43. The molecule has 344 valence electrons. The molecule has 0 bridgehead atoms. The molecular weight excluding hydrogens is 913 g/mol. The number of nitrogens with zero attached hydrogens (tertiary/aromatic N) is 2. The fourth-order valence-electron chi connectivity index (χ4n) is 9.67. The second-order valence-corrected chi connectivity index (χ2v) is 19.9. The molecule has 2 aliphatic heterocycles. The fraction of sp³-hybridized carbons (Fsp3) is 0.176. The normalized spacial score (nSPS) is 14.2. The van der Waals surface area contributed by atoms with E-state index in [9.17, 15) is 40.6 Å². The van der Waals surface area contributed by atoms with Crippen molar-refractivity contribution >= 4 is 92.6 Å². The fourth-order valence-corrected chi connectivity index (χ4v) is 10.6. The monoisotopic (exact) mass is 952 g/mol. The Morgan fingerprint density at radius 2 is 1.04 bits per heavy atom. The highest BCUT2D eigenvalue weighted by Gasteiger charge is 2.41. The van der Waals surface area contributed by atoms with Crippen LogP contribution in [0.1, 0.15) is 92.1 Å². The van der Waals surface area contributed by atoms with Crippen LogP contribution in [-0.4, -0.2) is 72.7 Å². The zero-order valence-corrected chi connectivity index (χ0v) is 38.2. The third-order valence-corrected chi connectivity index (χ3v) is 14.3. The molecule has 3 N–H and O–H groups in total. The van der Waals surface area contributed by atoms with E-state index >= 15 is 9.59 Å². The van der Waals surface area contributed by atoms with Gasteiger partial charge in [-0.1, -0.05) is 57.5 Å². The number of ether oxygens (including phenoxy) is 2. The number of para-hydroxylation sites is 1. The Labute approximate surface area is 388 Å². The van der Waals surface area contributed by atoms with E-state index in [4.69, 9.17) is 9.47 Å². The van der Waals surface area contributed by atoms with Crippen LogP contribution in [0.25, 0.3) is 43.1 Å². The van der Waals surface area contributed by atoms with Crippen LogP contribution >= 0.6 is 0 Å². The summed E-state index contributed by atoms with van der Waals surface area (Å²) in [5.74, 6) is -2.16. The Morgan fingerprint density at radius 1 is 0.574 bits per heavy atom. The first kappa shape index (κ1) is 44.6. The standard InChI is InChI=1S/C51H40N2O13S2/c1-4-7-27-8-5-9-32(26(2)3)47(27)53-50(57)36-21-19-34-43-39(65-28-10-14-30(15-11-28)67(59,60)61)24-37-41-35(48(55)52(49(37)56)22-6-23-54)20-18-33(45(41)43)44-40(25-38(51(53)58)42(36)46(34)44)66-29-12-16-31(17-13-29)68(62,63)64/h5,8-21,24-26,54H,4,6-7,22-23H2,1-3H3,(H,59,60,61)(H,62,63,64). The molecule has 0 atom stereocenters. The molecule has 0 radical (unpaired) electrons. The number of aliphatic hydroxyl groups excluding tert-OH is 1. The van der Waals surface area contributed by atoms with Gasteiger partial charge in [0.1, 0.15) is 23.0 Å². The molecule has 4 amide bonds. The lowest BCUT2D eigenvalue weighted by Crippen LogP contribution is -2.41. The van der Waals surface area contributed by atoms with Crippen LogP contribution in [0, 0.1) is 0 Å². The van der Waals surface area contributed by atoms with Crippen LogP contribution in [0.15, 0.2) is 113 Å². The van der Waals surface area contributed by atoms with Gasteiger partial charge in [-0.3, -0.25) is 33.2 Å². The Kier molecular flexibility index (Phi) is 10.6. The number of hydrogen-bond acceptors (Lipinski definition) is 11. The number of carbonyl (C=O) groups excluding carboxylic acids is 4. The average Bonchev–Trinajstić information content (AvgIpc) is 3.30. The molecular formula is C51H40N2O13S2. The van der Waals surface area contributed by atoms with Crippen molar-refractivity contribution in [2.45, 2.75) is 55.7 Å². The van der Waals surface area contributed by atoms with Crippen molar-refractivity contribution in [3.05, 3.63) is 137 Å². The number of aryl methyl sites for hydroxylation is 1. The molecule has 0 saturated heterocycles. The Morgan fingerprint density at radius 3 is 1.51 bits per heavy atom. The largest absolute Gasteiger partial charge is 0.457 e. The van der Waals surface area contributed by atoms with Crippen molar-refractivity contribution in [1.82, 2.24) is 4.90 Å². The van der Waals surface area contributed by atoms with Crippen LogP contribution in [0.5, 0.6) is 23.0 Å². The molecule has 17 heteroatoms. The maximum absolute atomic E-state index is 15.4. The summed E-state index contributed by atoms with van der Waals surface area (Å²) in [6, 6.07) is 25.2. The van der Waals surface area contributed by atoms with Crippen LogP contribution in [0.3, 0.4) is 0 Å². The van der Waals surface area contributed by atoms with Gasteiger partial charge in [0.15, 0.2) is 0 Å². The number of carbonyl (C=O) groups is 4. The van der Waals surface area contributed by atoms with Crippen LogP contribution in [0.2, 0.25) is 0 Å². The van der Waals surface area contributed by atoms with E-state index in [1.54, 1.807) is 24.3 Å². The zero-order chi connectivity index (χ0) is 48.1. The summed E-state index contributed by atoms with van der Waals surface area (Å²) in [4.78, 5) is 60.7. The van der Waals surface area contributed by atoms with Crippen molar-refractivity contribution in [3.63, 3.8) is 0 Å². The number of amides is 4. The lowest BCUT2D eigenvalue weighted by Gasteiger charge is -2.33. The maximum Gasteiger partial charge on any atom is 0.294 e. The van der Waals surface area contributed by atoms with Gasteiger partial charge in [0.2, 0.25) is 0 Å². The van der Waals surface area contributed by atoms with Gasteiger partial charge in [-0.25, -0.2) is 4.90 Å². The van der Waals surface area contributed by atoms with E-state index in [-0.39, 0.29) is 76.1 Å². The van der Waals surface area contributed by atoms with Gasteiger partial charge in [-0.15, -0.1) is 0 Å². The van der Waals surface area contributed by atoms with Gasteiger partial charge in [0.25, 0.3) is 43.9 Å². The lowest BCUT2D eigenvalue weighted by atomic mass is 9.81. The minimum atomic E-state index is -4.58. The SMILES string of the molecule is CCCc1cccc(C(C)C)c1N1C(=O)c2ccc3c4c(Oc5ccc(S(=O)(=O)O)cc5)cc5c6c(ccc(c7c(Oc8ccc(S(=O)(=O)O)cc8)cc(c2c37)C1=O)c64)C(=O)N(CCCO)C5=O. The predicted molar refractivity (Wildman–Crippen MR) is 253 cm³/mol. The molecule has 2 heterocycles. The van der Waals surface area contributed by atoms with E-state index < -0.39 is 53.7 Å². The van der Waals surface area contributed by atoms with Crippen molar-refractivity contribution in [2.24, 2.45) is 0 Å². The summed E-state index contributed by atoms with van der Waals surface area (Å²) in [5.41, 5.74) is 2.65. The van der Waals surface area contributed by atoms with Crippen LogP contribution < -0.4 is 14.4 Å². The van der Waals surface area contributed by atoms with Crippen LogP contribution in [0.4, 0.5) is 5.69 Å². The second-order valence-electron chi connectivity index (χ2n) is 17.1. The summed E-state index contributed by atoms with van der Waals surface area (Å²) >= 11 is 0. The number of hydrogen-bond donors (Lipinski definition) is 3. The van der Waals surface area contributed by atoms with Crippen molar-refractivity contribution in [3.8, 4) is 23.0 Å². The molecule has 8 aromatic rings. The first-order valence-electron chi connectivity index (χ1n) is 21.7. The van der Waals surface area contributed by atoms with Crippen molar-refractivity contribution in [2.75, 3.05) is 18.1 Å².